The van der Waals surface area contributed by atoms with Crippen LogP contribution in [-0.2, 0) is 4.79 Å². The number of allylic oxidation sites excluding steroid dienone is 2. The van der Waals surface area contributed by atoms with Crippen LogP contribution in [-0.4, -0.2) is 21.8 Å². The van der Waals surface area contributed by atoms with E-state index < -0.39 is 23.1 Å². The molecule has 1 N–H and O–H groups in total. The lowest BCUT2D eigenvalue weighted by Crippen LogP contribution is -2.33. The van der Waals surface area contributed by atoms with Crippen LogP contribution >= 0.6 is 0 Å². The minimum absolute atomic E-state index is 0.304. The van der Waals surface area contributed by atoms with Crippen molar-refractivity contribution in [3.63, 3.8) is 0 Å². The summed E-state index contributed by atoms with van der Waals surface area (Å²) in [6.07, 6.45) is 2.19. The molecule has 1 aliphatic carbocycles. The van der Waals surface area contributed by atoms with E-state index >= 15 is 0 Å². The Morgan fingerprint density at radius 1 is 1.77 bits per heavy atom. The van der Waals surface area contributed by atoms with E-state index in [1.54, 1.807) is 0 Å². The smallest absolute Gasteiger partial charge is 0.382 e. The molecular formula is C7H6FNO4. The molecule has 0 aromatic rings. The van der Waals surface area contributed by atoms with Crippen LogP contribution in [0.3, 0.4) is 0 Å². The highest BCUT2D eigenvalue weighted by molar-refractivity contribution is 5.87. The van der Waals surface area contributed by atoms with Gasteiger partial charge in [-0.05, 0) is 0 Å². The van der Waals surface area contributed by atoms with Crippen LogP contribution in [0.5, 0.6) is 0 Å². The standard InChI is InChI=1S/C7H6FNO4/c8-7(9(12)13)3-1-2-5(4-7)6(10)11/h1-3H,4H2,(H,10,11). The van der Waals surface area contributed by atoms with E-state index in [-0.39, 0.29) is 5.57 Å². The summed E-state index contributed by atoms with van der Waals surface area (Å²) in [5.41, 5.74) is -0.304. The van der Waals surface area contributed by atoms with Gasteiger partial charge in [0.15, 0.2) is 0 Å². The van der Waals surface area contributed by atoms with Gasteiger partial charge in [0.2, 0.25) is 0 Å². The molecule has 5 nitrogen and oxygen atoms in total. The zero-order valence-corrected chi connectivity index (χ0v) is 6.44. The first-order chi connectivity index (χ1) is 5.96. The van der Waals surface area contributed by atoms with Gasteiger partial charge in [0, 0.05) is 11.6 Å². The molecule has 0 aromatic heterocycles. The Balaban J connectivity index is 2.92. The maximum atomic E-state index is 13.2. The Hall–Kier alpha value is -1.72. The molecule has 0 fully saturated rings. The number of carboxylic acids is 1. The van der Waals surface area contributed by atoms with Gasteiger partial charge in [0.25, 0.3) is 0 Å². The largest absolute Gasteiger partial charge is 0.478 e. The predicted molar refractivity (Wildman–Crippen MR) is 40.3 cm³/mol. The van der Waals surface area contributed by atoms with Crippen LogP contribution < -0.4 is 0 Å². The predicted octanol–water partition coefficient (Wildman–Crippen LogP) is 0.900. The van der Waals surface area contributed by atoms with Gasteiger partial charge in [0.05, 0.1) is 11.3 Å². The van der Waals surface area contributed by atoms with Gasteiger partial charge in [0.1, 0.15) is 0 Å². The van der Waals surface area contributed by atoms with Crippen molar-refractivity contribution in [1.29, 1.82) is 0 Å². The molecule has 0 bridgehead atoms. The van der Waals surface area contributed by atoms with Crippen LogP contribution in [0, 0.1) is 10.1 Å². The highest BCUT2D eigenvalue weighted by Crippen LogP contribution is 2.27. The number of rotatable bonds is 2. The lowest BCUT2D eigenvalue weighted by Gasteiger charge is -2.15. The van der Waals surface area contributed by atoms with Crippen LogP contribution in [0.25, 0.3) is 0 Å². The molecule has 0 aromatic carbocycles. The highest BCUT2D eigenvalue weighted by Gasteiger charge is 2.43. The number of nitrogens with zero attached hydrogens (tertiary/aromatic N) is 1. The summed E-state index contributed by atoms with van der Waals surface area (Å²) in [4.78, 5) is 19.4. The molecule has 1 rings (SSSR count). The summed E-state index contributed by atoms with van der Waals surface area (Å²) in [6.45, 7) is 0. The fourth-order valence-corrected chi connectivity index (χ4v) is 0.969. The van der Waals surface area contributed by atoms with Crippen molar-refractivity contribution in [3.8, 4) is 0 Å². The van der Waals surface area contributed by atoms with Crippen molar-refractivity contribution in [1.82, 2.24) is 0 Å². The zero-order chi connectivity index (χ0) is 10.1. The van der Waals surface area contributed by atoms with Gasteiger partial charge in [-0.15, -0.1) is 0 Å². The second-order valence-electron chi connectivity index (χ2n) is 2.61. The molecule has 1 unspecified atom stereocenters. The Bertz CT molecular complexity index is 322. The number of carboxylic acid groups (broad SMARTS) is 1. The monoisotopic (exact) mass is 187 g/mol. The van der Waals surface area contributed by atoms with Crippen LogP contribution in [0.2, 0.25) is 0 Å². The Morgan fingerprint density at radius 2 is 2.38 bits per heavy atom. The van der Waals surface area contributed by atoms with Gasteiger partial charge in [-0.1, -0.05) is 12.2 Å². The number of nitro groups is 1. The summed E-state index contributed by atoms with van der Waals surface area (Å²) in [6, 6.07) is 0. The van der Waals surface area contributed by atoms with E-state index in [0.29, 0.717) is 0 Å². The molecule has 0 saturated carbocycles. The molecule has 0 spiro atoms. The molecule has 0 saturated heterocycles. The lowest BCUT2D eigenvalue weighted by atomic mass is 9.99. The third-order valence-electron chi connectivity index (χ3n) is 1.67. The average Bonchev–Trinajstić information content (AvgIpc) is 2.04. The Labute approximate surface area is 72.3 Å². The van der Waals surface area contributed by atoms with Crippen molar-refractivity contribution in [2.75, 3.05) is 0 Å². The van der Waals surface area contributed by atoms with Gasteiger partial charge < -0.3 is 5.11 Å². The lowest BCUT2D eigenvalue weighted by molar-refractivity contribution is -0.589. The summed E-state index contributed by atoms with van der Waals surface area (Å²) in [5.74, 6) is -4.11. The second kappa shape index (κ2) is 2.96. The maximum absolute atomic E-state index is 13.2. The zero-order valence-electron chi connectivity index (χ0n) is 6.44. The molecular weight excluding hydrogens is 181 g/mol. The van der Waals surface area contributed by atoms with Crippen LogP contribution in [0.1, 0.15) is 6.42 Å². The fraction of sp³-hybridized carbons (Fsp3) is 0.286. The molecule has 0 heterocycles. The number of alkyl halides is 1. The normalized spacial score (nSPS) is 26.7. The number of aliphatic carboxylic acids is 1. The van der Waals surface area contributed by atoms with E-state index in [9.17, 15) is 19.3 Å². The van der Waals surface area contributed by atoms with Gasteiger partial charge >= 0.3 is 11.8 Å². The van der Waals surface area contributed by atoms with E-state index in [0.717, 1.165) is 18.2 Å². The average molecular weight is 187 g/mol. The van der Waals surface area contributed by atoms with Crippen LogP contribution in [0.4, 0.5) is 4.39 Å². The number of hydrogen-bond donors (Lipinski definition) is 1. The van der Waals surface area contributed by atoms with Gasteiger partial charge in [-0.25, -0.2) is 4.79 Å². The first-order valence-electron chi connectivity index (χ1n) is 3.41. The van der Waals surface area contributed by atoms with Crippen molar-refractivity contribution < 1.29 is 19.2 Å². The number of hydrogen-bond acceptors (Lipinski definition) is 3. The summed E-state index contributed by atoms with van der Waals surface area (Å²) >= 11 is 0. The first-order valence-corrected chi connectivity index (χ1v) is 3.41. The third kappa shape index (κ3) is 1.71. The highest BCUT2D eigenvalue weighted by atomic mass is 19.1. The first kappa shape index (κ1) is 9.37. The van der Waals surface area contributed by atoms with E-state index in [1.165, 1.54) is 0 Å². The van der Waals surface area contributed by atoms with E-state index in [2.05, 4.69) is 0 Å². The third-order valence-corrected chi connectivity index (χ3v) is 1.67. The Morgan fingerprint density at radius 3 is 2.85 bits per heavy atom. The molecule has 0 radical (unpaired) electrons. The molecule has 0 amide bonds. The van der Waals surface area contributed by atoms with Crippen molar-refractivity contribution in [2.24, 2.45) is 0 Å². The van der Waals surface area contributed by atoms with Crippen molar-refractivity contribution >= 4 is 5.97 Å². The molecule has 0 aliphatic heterocycles. The van der Waals surface area contributed by atoms with Crippen LogP contribution in [0.15, 0.2) is 23.8 Å². The van der Waals surface area contributed by atoms with Gasteiger partial charge in [-0.3, -0.25) is 10.1 Å². The SMILES string of the molecule is O=C(O)C1=CC=CC(F)([N+](=O)[O-])C1. The summed E-state index contributed by atoms with van der Waals surface area (Å²) in [5, 5.41) is 18.7. The number of halogens is 1. The Kier molecular flexibility index (Phi) is 2.14. The quantitative estimate of drug-likeness (QED) is 0.395. The molecule has 1 aliphatic rings. The maximum Gasteiger partial charge on any atom is 0.382 e. The molecule has 70 valence electrons. The van der Waals surface area contributed by atoms with E-state index in [4.69, 9.17) is 5.11 Å². The minimum atomic E-state index is -2.78. The topological polar surface area (TPSA) is 80.4 Å². The second-order valence-corrected chi connectivity index (χ2v) is 2.61. The fourth-order valence-electron chi connectivity index (χ4n) is 0.969. The van der Waals surface area contributed by atoms with Crippen molar-refractivity contribution in [2.45, 2.75) is 12.2 Å². The molecule has 6 heteroatoms. The molecule has 1 atom stereocenters. The molecule has 13 heavy (non-hydrogen) atoms. The van der Waals surface area contributed by atoms with E-state index in [1.807, 2.05) is 0 Å². The minimum Gasteiger partial charge on any atom is -0.478 e. The van der Waals surface area contributed by atoms with Gasteiger partial charge in [-0.2, -0.15) is 4.39 Å². The summed E-state index contributed by atoms with van der Waals surface area (Å²) < 4.78 is 13.2. The number of carbonyl (C=O) groups is 1. The van der Waals surface area contributed by atoms with Crippen molar-refractivity contribution in [3.05, 3.63) is 33.9 Å². The summed E-state index contributed by atoms with van der Waals surface area (Å²) in [7, 11) is 0.